The van der Waals surface area contributed by atoms with Crippen LogP contribution in [0.15, 0.2) is 12.1 Å². The van der Waals surface area contributed by atoms with Crippen molar-refractivity contribution in [2.45, 2.75) is 6.92 Å². The first-order valence-electron chi connectivity index (χ1n) is 5.49. The first-order chi connectivity index (χ1) is 8.57. The molecule has 2 rings (SSSR count). The summed E-state index contributed by atoms with van der Waals surface area (Å²) in [5.41, 5.74) is 0.0115. The molecular formula is C12H11ClFNO2S. The van der Waals surface area contributed by atoms with E-state index >= 15 is 0 Å². The van der Waals surface area contributed by atoms with Crippen LogP contribution in [0.3, 0.4) is 0 Å². The van der Waals surface area contributed by atoms with E-state index in [-0.39, 0.29) is 16.3 Å². The Morgan fingerprint density at radius 2 is 2.11 bits per heavy atom. The van der Waals surface area contributed by atoms with Crippen molar-refractivity contribution in [3.8, 4) is 0 Å². The fourth-order valence-electron chi connectivity index (χ4n) is 1.87. The summed E-state index contributed by atoms with van der Waals surface area (Å²) < 4.78 is 13.8. The van der Waals surface area contributed by atoms with Crippen LogP contribution in [0.4, 0.5) is 10.1 Å². The van der Waals surface area contributed by atoms with Crippen molar-refractivity contribution in [1.29, 1.82) is 0 Å². The maximum absolute atomic E-state index is 13.8. The number of carbonyl (C=O) groups is 2. The Hall–Kier alpha value is -1.07. The zero-order chi connectivity index (χ0) is 13.3. The molecule has 0 fully saturated rings. The number of thioether (sulfide) groups is 1. The van der Waals surface area contributed by atoms with Gasteiger partial charge in [-0.25, -0.2) is 4.39 Å². The normalized spacial score (nSPS) is 14.3. The van der Waals surface area contributed by atoms with Crippen LogP contribution in [0.2, 0.25) is 5.02 Å². The molecule has 1 aliphatic rings. The number of amides is 1. The summed E-state index contributed by atoms with van der Waals surface area (Å²) in [7, 11) is 0. The summed E-state index contributed by atoms with van der Waals surface area (Å²) in [6.45, 7) is 2.31. The van der Waals surface area contributed by atoms with E-state index < -0.39 is 17.5 Å². The third kappa shape index (κ3) is 2.12. The molecule has 0 atom stereocenters. The van der Waals surface area contributed by atoms with Crippen LogP contribution in [-0.2, 0) is 4.79 Å². The average molecular weight is 288 g/mol. The van der Waals surface area contributed by atoms with Crippen LogP contribution in [-0.4, -0.2) is 29.7 Å². The lowest BCUT2D eigenvalue weighted by molar-refractivity contribution is -0.114. The van der Waals surface area contributed by atoms with Crippen molar-refractivity contribution in [2.24, 2.45) is 0 Å². The molecule has 0 saturated heterocycles. The number of fused-ring (bicyclic) bond motifs is 1. The van der Waals surface area contributed by atoms with Gasteiger partial charge in [0.1, 0.15) is 5.82 Å². The maximum atomic E-state index is 13.8. The molecule has 0 unspecified atom stereocenters. The second kappa shape index (κ2) is 5.28. The number of Topliss-reactive ketones (excluding diaryl/α,β-unsaturated/α-hetero) is 1. The highest BCUT2D eigenvalue weighted by molar-refractivity contribution is 7.99. The van der Waals surface area contributed by atoms with Crippen molar-refractivity contribution < 1.29 is 14.0 Å². The summed E-state index contributed by atoms with van der Waals surface area (Å²) >= 11 is 7.48. The Kier molecular flexibility index (Phi) is 3.92. The van der Waals surface area contributed by atoms with Gasteiger partial charge in [-0.05, 0) is 17.9 Å². The Balaban J connectivity index is 2.39. The van der Waals surface area contributed by atoms with Crippen molar-refractivity contribution >= 4 is 40.7 Å². The van der Waals surface area contributed by atoms with E-state index in [0.717, 1.165) is 5.75 Å². The lowest BCUT2D eigenvalue weighted by atomic mass is 10.1. The monoisotopic (exact) mass is 287 g/mol. The molecule has 1 heterocycles. The molecule has 96 valence electrons. The number of ketones is 1. The SMILES string of the molecule is CCSCCN1C(=O)C(=O)c2c(Cl)ccc(F)c21. The second-order valence-electron chi connectivity index (χ2n) is 3.74. The van der Waals surface area contributed by atoms with E-state index in [4.69, 9.17) is 11.6 Å². The fourth-order valence-corrected chi connectivity index (χ4v) is 2.70. The minimum absolute atomic E-state index is 0.0110. The predicted molar refractivity (Wildman–Crippen MR) is 71.1 cm³/mol. The first-order valence-corrected chi connectivity index (χ1v) is 7.03. The minimum Gasteiger partial charge on any atom is -0.301 e. The zero-order valence-corrected chi connectivity index (χ0v) is 11.3. The largest absolute Gasteiger partial charge is 0.301 e. The quantitative estimate of drug-likeness (QED) is 0.631. The second-order valence-corrected chi connectivity index (χ2v) is 5.54. The van der Waals surface area contributed by atoms with Crippen molar-refractivity contribution in [2.75, 3.05) is 23.0 Å². The minimum atomic E-state index is -0.726. The van der Waals surface area contributed by atoms with E-state index in [9.17, 15) is 14.0 Å². The zero-order valence-electron chi connectivity index (χ0n) is 9.70. The smallest absolute Gasteiger partial charge is 0.299 e. The molecule has 0 N–H and O–H groups in total. The maximum Gasteiger partial charge on any atom is 0.299 e. The van der Waals surface area contributed by atoms with Crippen molar-refractivity contribution in [3.05, 3.63) is 28.5 Å². The summed E-state index contributed by atoms with van der Waals surface area (Å²) in [5, 5.41) is 0.121. The van der Waals surface area contributed by atoms with Crippen molar-refractivity contribution in [1.82, 2.24) is 0 Å². The standard InChI is InChI=1S/C12H11ClFNO2S/c1-2-18-6-5-15-10-8(14)4-3-7(13)9(10)11(16)12(15)17/h3-4H,2,5-6H2,1H3. The van der Waals surface area contributed by atoms with Crippen LogP contribution in [0.5, 0.6) is 0 Å². The molecular weight excluding hydrogens is 277 g/mol. The molecule has 0 saturated carbocycles. The van der Waals surface area contributed by atoms with Gasteiger partial charge in [0.2, 0.25) is 0 Å². The number of carbonyl (C=O) groups excluding carboxylic acids is 2. The van der Waals surface area contributed by atoms with Gasteiger partial charge in [-0.3, -0.25) is 9.59 Å². The van der Waals surface area contributed by atoms with E-state index in [0.29, 0.717) is 12.3 Å². The Morgan fingerprint density at radius 3 is 2.78 bits per heavy atom. The molecule has 0 bridgehead atoms. The highest BCUT2D eigenvalue weighted by atomic mass is 35.5. The number of rotatable bonds is 4. The summed E-state index contributed by atoms with van der Waals surface area (Å²) in [4.78, 5) is 24.7. The summed E-state index contributed by atoms with van der Waals surface area (Å²) in [5.74, 6) is -0.457. The van der Waals surface area contributed by atoms with Crippen LogP contribution < -0.4 is 4.90 Å². The Morgan fingerprint density at radius 1 is 1.39 bits per heavy atom. The molecule has 0 aliphatic carbocycles. The number of benzene rings is 1. The number of halogens is 2. The van der Waals surface area contributed by atoms with Gasteiger partial charge in [-0.2, -0.15) is 11.8 Å². The topological polar surface area (TPSA) is 37.4 Å². The molecule has 6 heteroatoms. The van der Waals surface area contributed by atoms with Gasteiger partial charge in [-0.1, -0.05) is 18.5 Å². The third-order valence-corrected chi connectivity index (χ3v) is 3.87. The average Bonchev–Trinajstić information content (AvgIpc) is 2.60. The van der Waals surface area contributed by atoms with Gasteiger partial charge < -0.3 is 4.90 Å². The van der Waals surface area contributed by atoms with Crippen LogP contribution in [0.25, 0.3) is 0 Å². The van der Waals surface area contributed by atoms with E-state index in [1.54, 1.807) is 11.8 Å². The number of nitrogens with zero attached hydrogens (tertiary/aromatic N) is 1. The molecule has 1 aromatic rings. The molecule has 18 heavy (non-hydrogen) atoms. The van der Waals surface area contributed by atoms with Crippen LogP contribution in [0, 0.1) is 5.82 Å². The van der Waals surface area contributed by atoms with Crippen LogP contribution in [0.1, 0.15) is 17.3 Å². The molecule has 0 spiro atoms. The molecule has 0 aromatic heterocycles. The molecule has 1 aliphatic heterocycles. The first kappa shape index (κ1) is 13.4. The summed E-state index contributed by atoms with van der Waals surface area (Å²) in [6, 6.07) is 2.47. The summed E-state index contributed by atoms with van der Waals surface area (Å²) in [6.07, 6.45) is 0. The van der Waals surface area contributed by atoms with E-state index in [2.05, 4.69) is 0 Å². The van der Waals surface area contributed by atoms with Gasteiger partial charge in [0.15, 0.2) is 0 Å². The van der Waals surface area contributed by atoms with E-state index in [1.165, 1.54) is 17.0 Å². The molecule has 3 nitrogen and oxygen atoms in total. The van der Waals surface area contributed by atoms with Gasteiger partial charge >= 0.3 is 0 Å². The fraction of sp³-hybridized carbons (Fsp3) is 0.333. The highest BCUT2D eigenvalue weighted by Crippen LogP contribution is 2.36. The molecule has 1 aromatic carbocycles. The third-order valence-electron chi connectivity index (χ3n) is 2.68. The van der Waals surface area contributed by atoms with Gasteiger partial charge in [0.05, 0.1) is 16.3 Å². The van der Waals surface area contributed by atoms with Gasteiger partial charge in [0.25, 0.3) is 11.7 Å². The van der Waals surface area contributed by atoms with Gasteiger partial charge in [-0.15, -0.1) is 0 Å². The lowest BCUT2D eigenvalue weighted by Crippen LogP contribution is -2.32. The molecule has 1 amide bonds. The highest BCUT2D eigenvalue weighted by Gasteiger charge is 2.39. The van der Waals surface area contributed by atoms with E-state index in [1.807, 2.05) is 6.92 Å². The predicted octanol–water partition coefficient (Wildman–Crippen LogP) is 2.76. The van der Waals surface area contributed by atoms with Crippen LogP contribution >= 0.6 is 23.4 Å². The Labute approximate surface area is 113 Å². The lowest BCUT2D eigenvalue weighted by Gasteiger charge is -2.16. The number of hydrogen-bond donors (Lipinski definition) is 0. The Bertz CT molecular complexity index is 521. The number of anilines is 1. The molecule has 0 radical (unpaired) electrons. The van der Waals surface area contributed by atoms with Crippen molar-refractivity contribution in [3.63, 3.8) is 0 Å². The number of hydrogen-bond acceptors (Lipinski definition) is 3. The van der Waals surface area contributed by atoms with Gasteiger partial charge in [0, 0.05) is 12.3 Å².